The summed E-state index contributed by atoms with van der Waals surface area (Å²) in [4.78, 5) is 13.6. The van der Waals surface area contributed by atoms with Crippen LogP contribution in [0.25, 0.3) is 17.0 Å². The molecule has 0 unspecified atom stereocenters. The zero-order valence-corrected chi connectivity index (χ0v) is 7.90. The summed E-state index contributed by atoms with van der Waals surface area (Å²) >= 11 is 0. The Kier molecular flexibility index (Phi) is 2.17. The van der Waals surface area contributed by atoms with Crippen molar-refractivity contribution in [2.45, 2.75) is 0 Å². The number of carboxylic acids is 1. The monoisotopic (exact) mass is 202 g/mol. The zero-order valence-electron chi connectivity index (χ0n) is 7.90. The van der Waals surface area contributed by atoms with Crippen molar-refractivity contribution < 1.29 is 9.90 Å². The van der Waals surface area contributed by atoms with Crippen LogP contribution in [-0.2, 0) is 4.79 Å². The molecule has 4 N–H and O–H groups in total. The van der Waals surface area contributed by atoms with Crippen LogP contribution in [0.2, 0.25) is 0 Å². The van der Waals surface area contributed by atoms with Crippen molar-refractivity contribution in [3.8, 4) is 0 Å². The Balaban J connectivity index is 2.54. The first-order chi connectivity index (χ1) is 7.18. The number of H-pyrrole nitrogens is 1. The molecule has 4 nitrogen and oxygen atoms in total. The Bertz CT molecular complexity index is 540. The summed E-state index contributed by atoms with van der Waals surface area (Å²) in [5, 5.41) is 9.61. The highest BCUT2D eigenvalue weighted by molar-refractivity contribution is 5.96. The highest BCUT2D eigenvalue weighted by Crippen LogP contribution is 2.19. The molecule has 2 rings (SSSR count). The van der Waals surface area contributed by atoms with Crippen LogP contribution >= 0.6 is 0 Å². The molecule has 15 heavy (non-hydrogen) atoms. The number of carbonyl (C=O) groups is 1. The Labute approximate surface area is 86.0 Å². The highest BCUT2D eigenvalue weighted by atomic mass is 16.4. The van der Waals surface area contributed by atoms with Crippen molar-refractivity contribution in [3.63, 3.8) is 0 Å². The third-order valence-electron chi connectivity index (χ3n) is 2.18. The number of benzene rings is 1. The lowest BCUT2D eigenvalue weighted by atomic mass is 10.1. The van der Waals surface area contributed by atoms with E-state index in [9.17, 15) is 4.79 Å². The van der Waals surface area contributed by atoms with Crippen molar-refractivity contribution in [2.75, 3.05) is 0 Å². The van der Waals surface area contributed by atoms with Crippen molar-refractivity contribution in [2.24, 2.45) is 5.73 Å². The lowest BCUT2D eigenvalue weighted by molar-refractivity contribution is -0.132. The van der Waals surface area contributed by atoms with E-state index >= 15 is 0 Å². The smallest absolute Gasteiger partial charge is 0.351 e. The molecule has 0 radical (unpaired) electrons. The number of aliphatic carboxylic acids is 1. The van der Waals surface area contributed by atoms with Gasteiger partial charge in [0, 0.05) is 22.7 Å². The van der Waals surface area contributed by atoms with Gasteiger partial charge in [-0.1, -0.05) is 18.2 Å². The van der Waals surface area contributed by atoms with E-state index in [-0.39, 0.29) is 5.70 Å². The van der Waals surface area contributed by atoms with Crippen molar-refractivity contribution in [1.29, 1.82) is 0 Å². The van der Waals surface area contributed by atoms with Crippen LogP contribution in [0.4, 0.5) is 0 Å². The second-order valence-electron chi connectivity index (χ2n) is 3.19. The molecule has 0 aliphatic rings. The largest absolute Gasteiger partial charge is 0.477 e. The van der Waals surface area contributed by atoms with Crippen molar-refractivity contribution in [1.82, 2.24) is 4.98 Å². The lowest BCUT2D eigenvalue weighted by Gasteiger charge is -1.93. The van der Waals surface area contributed by atoms with Crippen LogP contribution in [0.3, 0.4) is 0 Å². The summed E-state index contributed by atoms with van der Waals surface area (Å²) in [6, 6.07) is 7.63. The Morgan fingerprint density at radius 3 is 2.87 bits per heavy atom. The summed E-state index contributed by atoms with van der Waals surface area (Å²) in [5.74, 6) is -1.11. The van der Waals surface area contributed by atoms with Gasteiger partial charge in [-0.3, -0.25) is 0 Å². The standard InChI is InChI=1S/C11H10N2O2/c12-9(11(14)15)5-7-6-13-10-4-2-1-3-8(7)10/h1-6,13H,12H2,(H,14,15)/b9-5-. The molecule has 0 atom stereocenters. The number of aromatic amines is 1. The van der Waals surface area contributed by atoms with E-state index in [0.717, 1.165) is 16.5 Å². The molecule has 76 valence electrons. The highest BCUT2D eigenvalue weighted by Gasteiger charge is 2.04. The molecule has 4 heteroatoms. The number of hydrogen-bond acceptors (Lipinski definition) is 2. The van der Waals surface area contributed by atoms with Crippen LogP contribution in [0.5, 0.6) is 0 Å². The fraction of sp³-hybridized carbons (Fsp3) is 0. The van der Waals surface area contributed by atoms with E-state index < -0.39 is 5.97 Å². The van der Waals surface area contributed by atoms with Crippen LogP contribution < -0.4 is 5.73 Å². The number of fused-ring (bicyclic) bond motifs is 1. The lowest BCUT2D eigenvalue weighted by Crippen LogP contribution is -2.08. The molecule has 0 aliphatic heterocycles. The number of nitrogens with two attached hydrogens (primary N) is 1. The number of para-hydroxylation sites is 1. The van der Waals surface area contributed by atoms with Crippen LogP contribution in [-0.4, -0.2) is 16.1 Å². The van der Waals surface area contributed by atoms with E-state index in [1.807, 2.05) is 24.3 Å². The summed E-state index contributed by atoms with van der Waals surface area (Å²) < 4.78 is 0. The maximum atomic E-state index is 10.6. The van der Waals surface area contributed by atoms with Gasteiger partial charge in [0.05, 0.1) is 0 Å². The van der Waals surface area contributed by atoms with Crippen molar-refractivity contribution >= 4 is 22.9 Å². The summed E-state index contributed by atoms with van der Waals surface area (Å²) in [6.07, 6.45) is 3.18. The van der Waals surface area contributed by atoms with Gasteiger partial charge in [-0.05, 0) is 12.1 Å². The van der Waals surface area contributed by atoms with Gasteiger partial charge >= 0.3 is 5.97 Å². The van der Waals surface area contributed by atoms with Crippen LogP contribution in [0.15, 0.2) is 36.2 Å². The molecule has 0 fully saturated rings. The SMILES string of the molecule is N/C(=C\c1c[nH]c2ccccc12)C(=O)O. The predicted molar refractivity (Wildman–Crippen MR) is 58.1 cm³/mol. The molecule has 1 aromatic carbocycles. The summed E-state index contributed by atoms with van der Waals surface area (Å²) in [5.41, 5.74) is 6.92. The topological polar surface area (TPSA) is 79.1 Å². The molecule has 0 amide bonds. The quantitative estimate of drug-likeness (QED) is 0.646. The average molecular weight is 202 g/mol. The minimum Gasteiger partial charge on any atom is -0.477 e. The van der Waals surface area contributed by atoms with Gasteiger partial charge in [-0.15, -0.1) is 0 Å². The van der Waals surface area contributed by atoms with Crippen molar-refractivity contribution in [3.05, 3.63) is 41.7 Å². The van der Waals surface area contributed by atoms with E-state index in [1.54, 1.807) is 6.20 Å². The van der Waals surface area contributed by atoms with Gasteiger partial charge in [0.15, 0.2) is 0 Å². The molecule has 0 bridgehead atoms. The molecular formula is C11H10N2O2. The Hall–Kier alpha value is -2.23. The number of nitrogens with one attached hydrogen (secondary N) is 1. The third-order valence-corrected chi connectivity index (χ3v) is 2.18. The minimum atomic E-state index is -1.11. The van der Waals surface area contributed by atoms with Gasteiger partial charge in [0.1, 0.15) is 5.70 Å². The minimum absolute atomic E-state index is 0.167. The summed E-state index contributed by atoms with van der Waals surface area (Å²) in [7, 11) is 0. The molecule has 1 heterocycles. The van der Waals surface area contributed by atoms with E-state index in [2.05, 4.69) is 4.98 Å². The number of carboxylic acid groups (broad SMARTS) is 1. The normalized spacial score (nSPS) is 11.9. The Morgan fingerprint density at radius 2 is 2.13 bits per heavy atom. The Morgan fingerprint density at radius 1 is 1.40 bits per heavy atom. The number of rotatable bonds is 2. The zero-order chi connectivity index (χ0) is 10.8. The van der Waals surface area contributed by atoms with E-state index in [4.69, 9.17) is 10.8 Å². The molecule has 0 saturated carbocycles. The summed E-state index contributed by atoms with van der Waals surface area (Å²) in [6.45, 7) is 0. The van der Waals surface area contributed by atoms with Gasteiger partial charge in [0.2, 0.25) is 0 Å². The second kappa shape index (κ2) is 3.49. The van der Waals surface area contributed by atoms with Gasteiger partial charge < -0.3 is 15.8 Å². The van der Waals surface area contributed by atoms with E-state index in [0.29, 0.717) is 0 Å². The molecule has 2 aromatic rings. The number of hydrogen-bond donors (Lipinski definition) is 3. The van der Waals surface area contributed by atoms with Crippen LogP contribution in [0, 0.1) is 0 Å². The average Bonchev–Trinajstić information content (AvgIpc) is 2.62. The second-order valence-corrected chi connectivity index (χ2v) is 3.19. The molecular weight excluding hydrogens is 192 g/mol. The number of aromatic nitrogens is 1. The first-order valence-corrected chi connectivity index (χ1v) is 4.45. The maximum Gasteiger partial charge on any atom is 0.351 e. The fourth-order valence-electron chi connectivity index (χ4n) is 1.44. The maximum absolute atomic E-state index is 10.6. The van der Waals surface area contributed by atoms with Gasteiger partial charge in [-0.25, -0.2) is 4.79 Å². The third kappa shape index (κ3) is 1.69. The van der Waals surface area contributed by atoms with E-state index in [1.165, 1.54) is 6.08 Å². The first kappa shape index (κ1) is 9.33. The van der Waals surface area contributed by atoms with Gasteiger partial charge in [0.25, 0.3) is 0 Å². The van der Waals surface area contributed by atoms with Gasteiger partial charge in [-0.2, -0.15) is 0 Å². The van der Waals surface area contributed by atoms with Crippen LogP contribution in [0.1, 0.15) is 5.56 Å². The molecule has 0 spiro atoms. The molecule has 1 aromatic heterocycles. The molecule has 0 saturated heterocycles. The molecule has 0 aliphatic carbocycles. The predicted octanol–water partition coefficient (Wildman–Crippen LogP) is 1.55. The first-order valence-electron chi connectivity index (χ1n) is 4.45. The fourth-order valence-corrected chi connectivity index (χ4v) is 1.44.